The highest BCUT2D eigenvalue weighted by molar-refractivity contribution is 7.17. The van der Waals surface area contributed by atoms with Gasteiger partial charge >= 0.3 is 0 Å². The fourth-order valence-corrected chi connectivity index (χ4v) is 3.72. The zero-order chi connectivity index (χ0) is 18.6. The fourth-order valence-electron chi connectivity index (χ4n) is 2.73. The molecule has 0 radical (unpaired) electrons. The molecule has 5 heteroatoms. The van der Waals surface area contributed by atoms with Crippen LogP contribution in [0.2, 0.25) is 0 Å². The van der Waals surface area contributed by atoms with Crippen LogP contribution in [0.3, 0.4) is 0 Å². The van der Waals surface area contributed by atoms with Crippen molar-refractivity contribution < 1.29 is 9.90 Å². The first kappa shape index (κ1) is 17.0. The van der Waals surface area contributed by atoms with E-state index in [1.54, 1.807) is 18.2 Å². The molecular formula is C22H16N2O2S. The topological polar surface area (TPSA) is 62.2 Å². The Morgan fingerprint density at radius 2 is 1.41 bits per heavy atom. The third kappa shape index (κ3) is 3.59. The molecule has 27 heavy (non-hydrogen) atoms. The van der Waals surface area contributed by atoms with Gasteiger partial charge < -0.3 is 10.4 Å². The summed E-state index contributed by atoms with van der Waals surface area (Å²) in [5, 5.41) is 13.5. The Balaban J connectivity index is 1.77. The molecule has 0 saturated carbocycles. The minimum Gasteiger partial charge on any atom is -0.506 e. The number of phenolic OH excluding ortho intramolecular Hbond substituents is 1. The number of para-hydroxylation sites is 2. The molecule has 2 N–H and O–H groups in total. The lowest BCUT2D eigenvalue weighted by atomic mass is 10.1. The second-order valence-electron chi connectivity index (χ2n) is 5.90. The van der Waals surface area contributed by atoms with Gasteiger partial charge in [0.1, 0.15) is 15.6 Å². The van der Waals surface area contributed by atoms with Gasteiger partial charge in [0.25, 0.3) is 5.91 Å². The SMILES string of the molecule is O=C(Nc1ccccc1O)c1sc(-c2ccccc2)nc1-c1ccccc1. The highest BCUT2D eigenvalue weighted by atomic mass is 32.1. The number of hydrogen-bond acceptors (Lipinski definition) is 4. The van der Waals surface area contributed by atoms with Gasteiger partial charge in [0.15, 0.2) is 0 Å². The number of rotatable bonds is 4. The molecule has 0 bridgehead atoms. The minimum absolute atomic E-state index is 0.0277. The van der Waals surface area contributed by atoms with Crippen LogP contribution in [-0.2, 0) is 0 Å². The van der Waals surface area contributed by atoms with Crippen molar-refractivity contribution in [2.24, 2.45) is 0 Å². The first-order valence-corrected chi connectivity index (χ1v) is 9.25. The maximum Gasteiger partial charge on any atom is 0.268 e. The van der Waals surface area contributed by atoms with E-state index in [4.69, 9.17) is 4.98 Å². The number of anilines is 1. The molecule has 0 saturated heterocycles. The maximum absolute atomic E-state index is 13.0. The summed E-state index contributed by atoms with van der Waals surface area (Å²) < 4.78 is 0. The number of aromatic hydroxyl groups is 1. The van der Waals surface area contributed by atoms with Crippen LogP contribution in [0.25, 0.3) is 21.8 Å². The van der Waals surface area contributed by atoms with Gasteiger partial charge in [0.2, 0.25) is 0 Å². The molecule has 132 valence electrons. The Hall–Kier alpha value is -3.44. The molecule has 4 nitrogen and oxygen atoms in total. The number of nitrogens with one attached hydrogen (secondary N) is 1. The summed E-state index contributed by atoms with van der Waals surface area (Å²) in [5.41, 5.74) is 2.84. The number of benzene rings is 3. The van der Waals surface area contributed by atoms with Gasteiger partial charge in [-0.1, -0.05) is 72.8 Å². The maximum atomic E-state index is 13.0. The number of aromatic nitrogens is 1. The van der Waals surface area contributed by atoms with E-state index >= 15 is 0 Å². The molecule has 4 rings (SSSR count). The van der Waals surface area contributed by atoms with E-state index in [2.05, 4.69) is 5.32 Å². The van der Waals surface area contributed by atoms with Crippen molar-refractivity contribution in [3.63, 3.8) is 0 Å². The molecule has 0 unspecified atom stereocenters. The molecule has 0 fully saturated rings. The molecule has 0 aliphatic carbocycles. The lowest BCUT2D eigenvalue weighted by molar-refractivity contribution is 0.103. The van der Waals surface area contributed by atoms with Crippen LogP contribution < -0.4 is 5.32 Å². The Bertz CT molecular complexity index is 1080. The molecule has 1 aromatic heterocycles. The van der Waals surface area contributed by atoms with Gasteiger partial charge in [0, 0.05) is 11.1 Å². The smallest absolute Gasteiger partial charge is 0.268 e. The summed E-state index contributed by atoms with van der Waals surface area (Å²) in [6.45, 7) is 0. The molecule has 1 amide bonds. The molecule has 0 atom stereocenters. The summed E-state index contributed by atoms with van der Waals surface area (Å²) in [6, 6.07) is 26.1. The lowest BCUT2D eigenvalue weighted by Gasteiger charge is -2.07. The van der Waals surface area contributed by atoms with E-state index in [0.717, 1.165) is 16.1 Å². The van der Waals surface area contributed by atoms with Crippen LogP contribution in [0.1, 0.15) is 9.67 Å². The quantitative estimate of drug-likeness (QED) is 0.469. The number of amides is 1. The number of phenols is 1. The van der Waals surface area contributed by atoms with Crippen LogP contribution in [0.5, 0.6) is 5.75 Å². The number of nitrogens with zero attached hydrogens (tertiary/aromatic N) is 1. The van der Waals surface area contributed by atoms with Crippen molar-refractivity contribution >= 4 is 22.9 Å². The van der Waals surface area contributed by atoms with E-state index in [1.165, 1.54) is 17.4 Å². The molecule has 0 spiro atoms. The Morgan fingerprint density at radius 1 is 0.815 bits per heavy atom. The van der Waals surface area contributed by atoms with Crippen molar-refractivity contribution in [2.45, 2.75) is 0 Å². The highest BCUT2D eigenvalue weighted by Crippen LogP contribution is 2.35. The molecular weight excluding hydrogens is 356 g/mol. The summed E-state index contributed by atoms with van der Waals surface area (Å²) in [5.74, 6) is -0.269. The first-order valence-electron chi connectivity index (χ1n) is 8.43. The lowest BCUT2D eigenvalue weighted by Crippen LogP contribution is -2.11. The monoisotopic (exact) mass is 372 g/mol. The van der Waals surface area contributed by atoms with Gasteiger partial charge in [-0.15, -0.1) is 11.3 Å². The predicted octanol–water partition coefficient (Wildman–Crippen LogP) is 5.44. The highest BCUT2D eigenvalue weighted by Gasteiger charge is 2.21. The normalized spacial score (nSPS) is 10.5. The zero-order valence-corrected chi connectivity index (χ0v) is 15.1. The van der Waals surface area contributed by atoms with E-state index in [-0.39, 0.29) is 11.7 Å². The van der Waals surface area contributed by atoms with Crippen LogP contribution in [-0.4, -0.2) is 16.0 Å². The van der Waals surface area contributed by atoms with Crippen molar-refractivity contribution in [2.75, 3.05) is 5.32 Å². The Labute approximate surface area is 160 Å². The predicted molar refractivity (Wildman–Crippen MR) is 109 cm³/mol. The van der Waals surface area contributed by atoms with Gasteiger partial charge in [-0.05, 0) is 12.1 Å². The fraction of sp³-hybridized carbons (Fsp3) is 0. The second-order valence-corrected chi connectivity index (χ2v) is 6.90. The largest absolute Gasteiger partial charge is 0.506 e. The van der Waals surface area contributed by atoms with Gasteiger partial charge in [-0.2, -0.15) is 0 Å². The third-order valence-corrected chi connectivity index (χ3v) is 5.16. The average Bonchev–Trinajstić information content (AvgIpc) is 3.17. The Kier molecular flexibility index (Phi) is 4.68. The van der Waals surface area contributed by atoms with Crippen molar-refractivity contribution in [3.05, 3.63) is 89.8 Å². The summed E-state index contributed by atoms with van der Waals surface area (Å²) >= 11 is 1.34. The molecule has 4 aromatic rings. The Morgan fingerprint density at radius 3 is 2.07 bits per heavy atom. The van der Waals surface area contributed by atoms with Crippen LogP contribution >= 0.6 is 11.3 Å². The van der Waals surface area contributed by atoms with Crippen molar-refractivity contribution in [1.82, 2.24) is 4.98 Å². The number of carbonyl (C=O) groups is 1. The summed E-state index contributed by atoms with van der Waals surface area (Å²) in [6.07, 6.45) is 0. The van der Waals surface area contributed by atoms with Crippen LogP contribution in [0.15, 0.2) is 84.9 Å². The van der Waals surface area contributed by atoms with Gasteiger partial charge in [-0.25, -0.2) is 4.98 Å². The molecule has 1 heterocycles. The number of carbonyl (C=O) groups excluding carboxylic acids is 1. The summed E-state index contributed by atoms with van der Waals surface area (Å²) in [7, 11) is 0. The van der Waals surface area contributed by atoms with Gasteiger partial charge in [-0.3, -0.25) is 4.79 Å². The van der Waals surface area contributed by atoms with Crippen LogP contribution in [0, 0.1) is 0 Å². The zero-order valence-electron chi connectivity index (χ0n) is 14.3. The first-order chi connectivity index (χ1) is 13.2. The van der Waals surface area contributed by atoms with Crippen LogP contribution in [0.4, 0.5) is 5.69 Å². The summed E-state index contributed by atoms with van der Waals surface area (Å²) in [4.78, 5) is 18.2. The molecule has 0 aliphatic heterocycles. The molecule has 3 aromatic carbocycles. The van der Waals surface area contributed by atoms with E-state index in [9.17, 15) is 9.90 Å². The number of hydrogen-bond donors (Lipinski definition) is 2. The van der Waals surface area contributed by atoms with Gasteiger partial charge in [0.05, 0.1) is 11.4 Å². The minimum atomic E-state index is -0.296. The number of thiazole rings is 1. The van der Waals surface area contributed by atoms with Crippen molar-refractivity contribution in [1.29, 1.82) is 0 Å². The van der Waals surface area contributed by atoms with E-state index in [0.29, 0.717) is 16.3 Å². The van der Waals surface area contributed by atoms with Crippen molar-refractivity contribution in [3.8, 4) is 27.6 Å². The second kappa shape index (κ2) is 7.43. The standard InChI is InChI=1S/C22H16N2O2S/c25-18-14-8-7-13-17(18)23-21(26)20-19(15-9-3-1-4-10-15)24-22(27-20)16-11-5-2-6-12-16/h1-14,25H,(H,23,26). The average molecular weight is 372 g/mol. The van der Waals surface area contributed by atoms with E-state index < -0.39 is 0 Å². The third-order valence-electron chi connectivity index (χ3n) is 4.05. The molecule has 0 aliphatic rings. The van der Waals surface area contributed by atoms with E-state index in [1.807, 2.05) is 60.7 Å².